The van der Waals surface area contributed by atoms with E-state index in [4.69, 9.17) is 9.72 Å². The van der Waals surface area contributed by atoms with Crippen LogP contribution in [0, 0.1) is 6.92 Å². The van der Waals surface area contributed by atoms with Gasteiger partial charge in [0.1, 0.15) is 11.6 Å². The largest absolute Gasteiger partial charge is 0.484 e. The average molecular weight is 547 g/mol. The van der Waals surface area contributed by atoms with E-state index in [9.17, 15) is 9.59 Å². The lowest BCUT2D eigenvalue weighted by Crippen LogP contribution is -2.29. The van der Waals surface area contributed by atoms with E-state index in [-0.39, 0.29) is 18.1 Å². The number of anilines is 1. The molecule has 0 saturated carbocycles. The Kier molecular flexibility index (Phi) is 7.35. The molecule has 3 aromatic carbocycles. The fourth-order valence-corrected chi connectivity index (χ4v) is 3.89. The number of benzene rings is 3. The summed E-state index contributed by atoms with van der Waals surface area (Å²) in [5, 5.41) is 7.77. The number of rotatable bonds is 6. The lowest BCUT2D eigenvalue weighted by molar-refractivity contribution is -0.118. The second-order valence-electron chi connectivity index (χ2n) is 9.48. The zero-order valence-corrected chi connectivity index (χ0v) is 22.2. The second-order valence-corrected chi connectivity index (χ2v) is 10.4. The molecule has 36 heavy (non-hydrogen) atoms. The quantitative estimate of drug-likeness (QED) is 0.316. The van der Waals surface area contributed by atoms with Crippen molar-refractivity contribution in [3.8, 4) is 5.75 Å². The highest BCUT2D eigenvalue weighted by Gasteiger charge is 2.22. The molecule has 0 radical (unpaired) electrons. The summed E-state index contributed by atoms with van der Waals surface area (Å²) < 4.78 is 7.81. The fraction of sp³-hybridized carbons (Fsp3) is 0.214. The monoisotopic (exact) mass is 546 g/mol. The van der Waals surface area contributed by atoms with Gasteiger partial charge in [0.2, 0.25) is 0 Å². The number of ether oxygens (including phenoxy) is 1. The maximum Gasteiger partial charge on any atom is 0.282 e. The summed E-state index contributed by atoms with van der Waals surface area (Å²) in [6.07, 6.45) is 1.58. The number of amides is 1. The van der Waals surface area contributed by atoms with Crippen molar-refractivity contribution in [3.05, 3.63) is 98.5 Å². The normalized spacial score (nSPS) is 11.7. The van der Waals surface area contributed by atoms with Gasteiger partial charge in [-0.15, -0.1) is 0 Å². The van der Waals surface area contributed by atoms with Gasteiger partial charge < -0.3 is 10.1 Å². The Morgan fingerprint density at radius 1 is 1.11 bits per heavy atom. The highest BCUT2D eigenvalue weighted by atomic mass is 79.9. The Morgan fingerprint density at radius 2 is 1.86 bits per heavy atom. The second kappa shape index (κ2) is 10.5. The molecule has 4 aromatic rings. The van der Waals surface area contributed by atoms with Crippen LogP contribution in [0.25, 0.3) is 10.9 Å². The van der Waals surface area contributed by atoms with E-state index < -0.39 is 5.41 Å². The number of aryl methyl sites for hydroxylation is 1. The standard InChI is InChI=1S/C28H27BrN4O3/c1-18-8-11-21(12-9-18)31-25(34)17-36-22-7-5-6-19(14-22)16-30-33-26(35)23-15-20(29)10-13-24(23)32-27(33)28(2,3)4/h5-16H,17H2,1-4H3,(H,31,34). The van der Waals surface area contributed by atoms with E-state index in [1.54, 1.807) is 30.5 Å². The molecule has 8 heteroatoms. The Balaban J connectivity index is 1.54. The smallest absolute Gasteiger partial charge is 0.282 e. The van der Waals surface area contributed by atoms with Crippen LogP contribution in [-0.2, 0) is 10.2 Å². The lowest BCUT2D eigenvalue weighted by Gasteiger charge is -2.20. The van der Waals surface area contributed by atoms with E-state index in [0.29, 0.717) is 33.7 Å². The number of aromatic nitrogens is 2. The van der Waals surface area contributed by atoms with Gasteiger partial charge in [0.15, 0.2) is 6.61 Å². The van der Waals surface area contributed by atoms with Crippen LogP contribution in [0.5, 0.6) is 5.75 Å². The molecule has 0 fully saturated rings. The third kappa shape index (κ3) is 6.07. The van der Waals surface area contributed by atoms with Crippen LogP contribution in [0.3, 0.4) is 0 Å². The van der Waals surface area contributed by atoms with Gasteiger partial charge in [-0.05, 0) is 55.0 Å². The Hall–Kier alpha value is -3.78. The van der Waals surface area contributed by atoms with Crippen molar-refractivity contribution < 1.29 is 9.53 Å². The minimum absolute atomic E-state index is 0.133. The molecule has 184 valence electrons. The molecule has 0 aliphatic carbocycles. The summed E-state index contributed by atoms with van der Waals surface area (Å²) in [4.78, 5) is 30.3. The molecule has 0 saturated heterocycles. The van der Waals surface area contributed by atoms with Gasteiger partial charge in [-0.2, -0.15) is 9.78 Å². The van der Waals surface area contributed by atoms with Crippen molar-refractivity contribution in [2.45, 2.75) is 33.1 Å². The number of carbonyl (C=O) groups is 1. The first-order chi connectivity index (χ1) is 17.1. The fourth-order valence-electron chi connectivity index (χ4n) is 3.53. The minimum atomic E-state index is -0.409. The summed E-state index contributed by atoms with van der Waals surface area (Å²) in [6.45, 7) is 7.82. The summed E-state index contributed by atoms with van der Waals surface area (Å²) in [6, 6.07) is 20.2. The minimum Gasteiger partial charge on any atom is -0.484 e. The van der Waals surface area contributed by atoms with Crippen molar-refractivity contribution in [2.75, 3.05) is 11.9 Å². The molecule has 1 N–H and O–H groups in total. The average Bonchev–Trinajstić information content (AvgIpc) is 2.83. The van der Waals surface area contributed by atoms with Crippen LogP contribution in [0.2, 0.25) is 0 Å². The van der Waals surface area contributed by atoms with Crippen LogP contribution in [0.15, 0.2) is 81.1 Å². The topological polar surface area (TPSA) is 85.6 Å². The summed E-state index contributed by atoms with van der Waals surface area (Å²) >= 11 is 3.42. The SMILES string of the molecule is Cc1ccc(NC(=O)COc2cccc(C=Nn3c(C(C)(C)C)nc4ccc(Br)cc4c3=O)c2)cc1. The molecule has 4 rings (SSSR count). The number of hydrogen-bond acceptors (Lipinski definition) is 5. The lowest BCUT2D eigenvalue weighted by atomic mass is 9.95. The van der Waals surface area contributed by atoms with Gasteiger partial charge >= 0.3 is 0 Å². The zero-order chi connectivity index (χ0) is 25.9. The summed E-state index contributed by atoms with van der Waals surface area (Å²) in [5.74, 6) is 0.813. The highest BCUT2D eigenvalue weighted by molar-refractivity contribution is 9.10. The van der Waals surface area contributed by atoms with Gasteiger partial charge in [-0.3, -0.25) is 9.59 Å². The Labute approximate surface area is 218 Å². The van der Waals surface area contributed by atoms with Crippen molar-refractivity contribution in [1.29, 1.82) is 0 Å². The molecule has 0 atom stereocenters. The summed E-state index contributed by atoms with van der Waals surface area (Å²) in [5.41, 5.74) is 2.51. The van der Waals surface area contributed by atoms with Crippen molar-refractivity contribution in [1.82, 2.24) is 9.66 Å². The first-order valence-corrected chi connectivity index (χ1v) is 12.3. The maximum atomic E-state index is 13.3. The molecule has 0 unspecified atom stereocenters. The van der Waals surface area contributed by atoms with Gasteiger partial charge in [0, 0.05) is 15.6 Å². The molecule has 7 nitrogen and oxygen atoms in total. The van der Waals surface area contributed by atoms with E-state index in [2.05, 4.69) is 26.3 Å². The molecule has 0 bridgehead atoms. The number of hydrogen-bond donors (Lipinski definition) is 1. The van der Waals surface area contributed by atoms with Gasteiger partial charge in [0.05, 0.1) is 17.1 Å². The van der Waals surface area contributed by atoms with Crippen LogP contribution in [0.1, 0.15) is 37.7 Å². The number of halogens is 1. The van der Waals surface area contributed by atoms with Crippen LogP contribution in [0.4, 0.5) is 5.69 Å². The van der Waals surface area contributed by atoms with E-state index in [0.717, 1.165) is 10.0 Å². The first kappa shape index (κ1) is 25.3. The number of carbonyl (C=O) groups excluding carboxylic acids is 1. The third-order valence-corrected chi connectivity index (χ3v) is 5.86. The highest BCUT2D eigenvalue weighted by Crippen LogP contribution is 2.23. The first-order valence-electron chi connectivity index (χ1n) is 11.5. The van der Waals surface area contributed by atoms with Gasteiger partial charge in [-0.1, -0.05) is 66.5 Å². The third-order valence-electron chi connectivity index (χ3n) is 5.36. The van der Waals surface area contributed by atoms with Crippen molar-refractivity contribution >= 4 is 44.6 Å². The maximum absolute atomic E-state index is 13.3. The molecule has 0 aliphatic rings. The van der Waals surface area contributed by atoms with Gasteiger partial charge in [-0.25, -0.2) is 4.98 Å². The van der Waals surface area contributed by atoms with Crippen molar-refractivity contribution in [3.63, 3.8) is 0 Å². The van der Waals surface area contributed by atoms with Crippen molar-refractivity contribution in [2.24, 2.45) is 5.10 Å². The number of nitrogens with zero attached hydrogens (tertiary/aromatic N) is 3. The predicted molar refractivity (Wildman–Crippen MR) is 147 cm³/mol. The summed E-state index contributed by atoms with van der Waals surface area (Å²) in [7, 11) is 0. The Morgan fingerprint density at radius 3 is 2.58 bits per heavy atom. The number of nitrogens with one attached hydrogen (secondary N) is 1. The molecule has 1 amide bonds. The number of fused-ring (bicyclic) bond motifs is 1. The molecular formula is C28H27BrN4O3. The Bertz CT molecular complexity index is 1500. The van der Waals surface area contributed by atoms with Crippen LogP contribution in [-0.4, -0.2) is 28.4 Å². The van der Waals surface area contributed by atoms with Gasteiger partial charge in [0.25, 0.3) is 11.5 Å². The van der Waals surface area contributed by atoms with E-state index in [1.807, 2.05) is 70.2 Å². The van der Waals surface area contributed by atoms with E-state index >= 15 is 0 Å². The molecule has 1 heterocycles. The molecule has 0 spiro atoms. The molecule has 0 aliphatic heterocycles. The van der Waals surface area contributed by atoms with Crippen LogP contribution >= 0.6 is 15.9 Å². The molecular weight excluding hydrogens is 520 g/mol. The molecule has 1 aromatic heterocycles. The zero-order valence-electron chi connectivity index (χ0n) is 20.6. The van der Waals surface area contributed by atoms with Crippen LogP contribution < -0.4 is 15.6 Å². The van der Waals surface area contributed by atoms with E-state index in [1.165, 1.54) is 4.68 Å². The predicted octanol–water partition coefficient (Wildman–Crippen LogP) is 5.66.